The average molecular weight is 124 g/mol. The van der Waals surface area contributed by atoms with Crippen LogP contribution < -0.4 is 0 Å². The van der Waals surface area contributed by atoms with Gasteiger partial charge in [-0.15, -0.1) is 0 Å². The minimum absolute atomic E-state index is 0.421. The summed E-state index contributed by atoms with van der Waals surface area (Å²) in [5, 5.41) is 0. The third-order valence-electron chi connectivity index (χ3n) is 3.29. The van der Waals surface area contributed by atoms with E-state index in [-0.39, 0.29) is 0 Å². The van der Waals surface area contributed by atoms with Crippen molar-refractivity contribution in [1.29, 1.82) is 0 Å². The maximum Gasteiger partial charge on any atom is 0.134 e. The first-order chi connectivity index (χ1) is 4.06. The lowest BCUT2D eigenvalue weighted by Gasteiger charge is -2.02. The highest BCUT2D eigenvalue weighted by Crippen LogP contribution is 2.71. The first-order valence-corrected chi connectivity index (χ1v) is 3.58. The van der Waals surface area contributed by atoms with Crippen molar-refractivity contribution >= 4 is 5.78 Å². The lowest BCUT2D eigenvalue weighted by Crippen LogP contribution is -1.95. The summed E-state index contributed by atoms with van der Waals surface area (Å²) in [7, 11) is 0. The molecule has 2 atom stereocenters. The van der Waals surface area contributed by atoms with Crippen LogP contribution in [0.2, 0.25) is 0 Å². The summed E-state index contributed by atoms with van der Waals surface area (Å²) in [6.45, 7) is 4.47. The highest BCUT2D eigenvalue weighted by atomic mass is 16.1. The van der Waals surface area contributed by atoms with Gasteiger partial charge in [0.1, 0.15) is 5.78 Å². The summed E-state index contributed by atoms with van der Waals surface area (Å²) in [5.74, 6) is 0.478. The zero-order valence-corrected chi connectivity index (χ0v) is 6.03. The summed E-state index contributed by atoms with van der Waals surface area (Å²) < 4.78 is 0. The summed E-state index contributed by atoms with van der Waals surface area (Å²) in [6.07, 6.45) is 2.98. The second-order valence-corrected chi connectivity index (χ2v) is 4.19. The minimum Gasteiger partial charge on any atom is -0.300 e. The van der Waals surface area contributed by atoms with Crippen molar-refractivity contribution in [2.45, 2.75) is 33.1 Å². The van der Waals surface area contributed by atoms with Gasteiger partial charge in [0.15, 0.2) is 0 Å². The Labute approximate surface area is 55.4 Å². The van der Waals surface area contributed by atoms with E-state index in [1.807, 2.05) is 0 Å². The van der Waals surface area contributed by atoms with Crippen molar-refractivity contribution in [3.8, 4) is 0 Å². The molecule has 0 N–H and O–H groups in total. The molecule has 2 aliphatic rings. The molecule has 1 nitrogen and oxygen atoms in total. The van der Waals surface area contributed by atoms with E-state index in [0.29, 0.717) is 16.6 Å². The standard InChI is InChI=1S/C8H12O/c1-7-3-6(9)4-8(7,2)5-7/h3-5H2,1-2H3. The molecule has 1 heteroatoms. The van der Waals surface area contributed by atoms with E-state index in [1.54, 1.807) is 0 Å². The number of fused-ring (bicyclic) bond motifs is 1. The van der Waals surface area contributed by atoms with Gasteiger partial charge in [0.25, 0.3) is 0 Å². The van der Waals surface area contributed by atoms with E-state index in [2.05, 4.69) is 13.8 Å². The number of Topliss-reactive ketones (excluding diaryl/α,β-unsaturated/α-hetero) is 1. The molecule has 0 heterocycles. The van der Waals surface area contributed by atoms with Crippen molar-refractivity contribution in [2.24, 2.45) is 10.8 Å². The first-order valence-electron chi connectivity index (χ1n) is 3.58. The highest BCUT2D eigenvalue weighted by Gasteiger charge is 2.66. The summed E-state index contributed by atoms with van der Waals surface area (Å²) in [5.41, 5.74) is 0.841. The molecular formula is C8H12O. The molecule has 0 aromatic heterocycles. The van der Waals surface area contributed by atoms with E-state index in [1.165, 1.54) is 6.42 Å². The van der Waals surface area contributed by atoms with E-state index < -0.39 is 0 Å². The summed E-state index contributed by atoms with van der Waals surface area (Å²) in [6, 6.07) is 0. The fourth-order valence-electron chi connectivity index (χ4n) is 2.30. The lowest BCUT2D eigenvalue weighted by molar-refractivity contribution is -0.118. The van der Waals surface area contributed by atoms with Gasteiger partial charge in [0.05, 0.1) is 0 Å². The molecule has 0 amide bonds. The van der Waals surface area contributed by atoms with Gasteiger partial charge in [-0.05, 0) is 17.3 Å². The van der Waals surface area contributed by atoms with Crippen LogP contribution in [0.5, 0.6) is 0 Å². The Morgan fingerprint density at radius 1 is 1.22 bits per heavy atom. The number of hydrogen-bond acceptors (Lipinski definition) is 1. The fraction of sp³-hybridized carbons (Fsp3) is 0.875. The van der Waals surface area contributed by atoms with Crippen molar-refractivity contribution in [2.75, 3.05) is 0 Å². The molecule has 0 aliphatic heterocycles. The maximum absolute atomic E-state index is 10.9. The Morgan fingerprint density at radius 3 is 1.89 bits per heavy atom. The Bertz CT molecular complexity index is 167. The Balaban J connectivity index is 2.29. The second-order valence-electron chi connectivity index (χ2n) is 4.19. The van der Waals surface area contributed by atoms with Crippen LogP contribution in [-0.2, 0) is 4.79 Å². The van der Waals surface area contributed by atoms with Crippen LogP contribution in [-0.4, -0.2) is 5.78 Å². The smallest absolute Gasteiger partial charge is 0.134 e. The number of carbonyl (C=O) groups excluding carboxylic acids is 1. The topological polar surface area (TPSA) is 17.1 Å². The molecule has 2 fully saturated rings. The lowest BCUT2D eigenvalue weighted by atomic mass is 10.0. The zero-order chi connectivity index (χ0) is 6.70. The maximum atomic E-state index is 10.9. The Kier molecular flexibility index (Phi) is 0.662. The van der Waals surface area contributed by atoms with Gasteiger partial charge >= 0.3 is 0 Å². The van der Waals surface area contributed by atoms with Crippen molar-refractivity contribution in [3.05, 3.63) is 0 Å². The summed E-state index contributed by atoms with van der Waals surface area (Å²) in [4.78, 5) is 10.9. The van der Waals surface area contributed by atoms with Gasteiger partial charge in [0, 0.05) is 12.8 Å². The number of rotatable bonds is 0. The van der Waals surface area contributed by atoms with Crippen molar-refractivity contribution < 1.29 is 4.79 Å². The van der Waals surface area contributed by atoms with Crippen LogP contribution in [0, 0.1) is 10.8 Å². The van der Waals surface area contributed by atoms with Crippen LogP contribution in [0.4, 0.5) is 0 Å². The van der Waals surface area contributed by atoms with Gasteiger partial charge in [-0.2, -0.15) is 0 Å². The second kappa shape index (κ2) is 1.09. The first kappa shape index (κ1) is 5.45. The van der Waals surface area contributed by atoms with Gasteiger partial charge in [-0.3, -0.25) is 4.79 Å². The molecule has 0 saturated heterocycles. The molecule has 0 bridgehead atoms. The predicted molar refractivity (Wildman–Crippen MR) is 35.1 cm³/mol. The molecular weight excluding hydrogens is 112 g/mol. The highest BCUT2D eigenvalue weighted by molar-refractivity contribution is 5.84. The molecule has 0 radical (unpaired) electrons. The monoisotopic (exact) mass is 124 g/mol. The number of carbonyl (C=O) groups is 1. The van der Waals surface area contributed by atoms with Gasteiger partial charge in [-0.1, -0.05) is 13.8 Å². The normalized spacial score (nSPS) is 55.6. The van der Waals surface area contributed by atoms with Crippen LogP contribution in [0.3, 0.4) is 0 Å². The molecule has 2 saturated carbocycles. The quantitative estimate of drug-likeness (QED) is 0.481. The molecule has 0 spiro atoms. The molecule has 0 aromatic rings. The third kappa shape index (κ3) is 0.480. The molecule has 2 rings (SSSR count). The summed E-state index contributed by atoms with van der Waals surface area (Å²) >= 11 is 0. The van der Waals surface area contributed by atoms with E-state index in [9.17, 15) is 4.79 Å². The third-order valence-corrected chi connectivity index (χ3v) is 3.29. The molecule has 9 heavy (non-hydrogen) atoms. The van der Waals surface area contributed by atoms with Crippen LogP contribution >= 0.6 is 0 Å². The van der Waals surface area contributed by atoms with E-state index in [4.69, 9.17) is 0 Å². The fourth-order valence-corrected chi connectivity index (χ4v) is 2.30. The van der Waals surface area contributed by atoms with Crippen LogP contribution in [0.15, 0.2) is 0 Å². The number of ketones is 1. The van der Waals surface area contributed by atoms with Crippen molar-refractivity contribution in [1.82, 2.24) is 0 Å². The van der Waals surface area contributed by atoms with Gasteiger partial charge < -0.3 is 0 Å². The number of hydrogen-bond donors (Lipinski definition) is 0. The molecule has 2 aliphatic carbocycles. The molecule has 50 valence electrons. The SMILES string of the molecule is CC12CC(=O)CC1(C)C2. The van der Waals surface area contributed by atoms with Crippen molar-refractivity contribution in [3.63, 3.8) is 0 Å². The van der Waals surface area contributed by atoms with Gasteiger partial charge in [0.2, 0.25) is 0 Å². The van der Waals surface area contributed by atoms with Gasteiger partial charge in [-0.25, -0.2) is 0 Å². The van der Waals surface area contributed by atoms with Crippen LogP contribution in [0.25, 0.3) is 0 Å². The van der Waals surface area contributed by atoms with E-state index >= 15 is 0 Å². The van der Waals surface area contributed by atoms with E-state index in [0.717, 1.165) is 12.8 Å². The minimum atomic E-state index is 0.421. The zero-order valence-electron chi connectivity index (χ0n) is 6.03. The Morgan fingerprint density at radius 2 is 1.67 bits per heavy atom. The Hall–Kier alpha value is -0.330. The molecule has 0 aromatic carbocycles. The largest absolute Gasteiger partial charge is 0.300 e. The average Bonchev–Trinajstić information content (AvgIpc) is 1.97. The van der Waals surface area contributed by atoms with Crippen LogP contribution in [0.1, 0.15) is 33.1 Å². The molecule has 2 unspecified atom stereocenters. The predicted octanol–water partition coefficient (Wildman–Crippen LogP) is 1.77.